The van der Waals surface area contributed by atoms with E-state index in [0.29, 0.717) is 11.4 Å². The molecule has 2 rings (SSSR count). The van der Waals surface area contributed by atoms with E-state index in [1.807, 2.05) is 0 Å². The van der Waals surface area contributed by atoms with Gasteiger partial charge in [0.2, 0.25) is 5.82 Å². The Morgan fingerprint density at radius 3 is 2.52 bits per heavy atom. The van der Waals surface area contributed by atoms with Crippen LogP contribution in [0.1, 0.15) is 22.0 Å². The van der Waals surface area contributed by atoms with Crippen molar-refractivity contribution in [1.82, 2.24) is 20.5 Å². The van der Waals surface area contributed by atoms with Crippen LogP contribution >= 0.6 is 0 Å². The Hall–Kier alpha value is -2.58. The largest absolute Gasteiger partial charge is 0.573 e. The van der Waals surface area contributed by atoms with Gasteiger partial charge in [-0.3, -0.25) is 9.89 Å². The summed E-state index contributed by atoms with van der Waals surface area (Å²) in [7, 11) is 0. The van der Waals surface area contributed by atoms with Crippen LogP contribution in [0.5, 0.6) is 5.75 Å². The minimum atomic E-state index is -4.72. The summed E-state index contributed by atoms with van der Waals surface area (Å²) >= 11 is 0. The molecule has 2 aromatic rings. The van der Waals surface area contributed by atoms with Crippen LogP contribution in [-0.4, -0.2) is 27.5 Å². The van der Waals surface area contributed by atoms with Crippen LogP contribution in [-0.2, 0) is 6.54 Å². The zero-order valence-corrected chi connectivity index (χ0v) is 10.9. The number of aromatic amines is 1. The van der Waals surface area contributed by atoms with Crippen LogP contribution in [0, 0.1) is 6.92 Å². The van der Waals surface area contributed by atoms with Crippen molar-refractivity contribution in [2.75, 3.05) is 0 Å². The van der Waals surface area contributed by atoms with Gasteiger partial charge in [0, 0.05) is 6.54 Å². The molecule has 1 heterocycles. The van der Waals surface area contributed by atoms with Crippen LogP contribution in [0.25, 0.3) is 0 Å². The number of hydrogen-bond donors (Lipinski definition) is 2. The van der Waals surface area contributed by atoms with Crippen LogP contribution in [0.3, 0.4) is 0 Å². The zero-order chi connectivity index (χ0) is 15.5. The van der Waals surface area contributed by atoms with Crippen molar-refractivity contribution in [3.63, 3.8) is 0 Å². The van der Waals surface area contributed by atoms with Crippen molar-refractivity contribution in [2.45, 2.75) is 19.8 Å². The predicted octanol–water partition coefficient (Wildman–Crippen LogP) is 1.94. The molecule has 1 aromatic heterocycles. The highest BCUT2D eigenvalue weighted by Gasteiger charge is 2.30. The number of carbonyl (C=O) groups is 1. The van der Waals surface area contributed by atoms with Gasteiger partial charge in [-0.1, -0.05) is 12.1 Å². The second kappa shape index (κ2) is 5.81. The van der Waals surface area contributed by atoms with Gasteiger partial charge in [0.15, 0.2) is 0 Å². The smallest absolute Gasteiger partial charge is 0.406 e. The first-order valence-corrected chi connectivity index (χ1v) is 5.85. The number of hydrogen-bond acceptors (Lipinski definition) is 4. The van der Waals surface area contributed by atoms with E-state index in [1.165, 1.54) is 24.3 Å². The highest BCUT2D eigenvalue weighted by Crippen LogP contribution is 2.22. The molecule has 0 saturated carbocycles. The molecule has 112 valence electrons. The number of H-pyrrole nitrogens is 1. The first kappa shape index (κ1) is 14.8. The number of carbonyl (C=O) groups excluding carboxylic acids is 1. The normalized spacial score (nSPS) is 11.2. The van der Waals surface area contributed by atoms with Crippen LogP contribution in [0.15, 0.2) is 24.3 Å². The molecule has 2 N–H and O–H groups in total. The van der Waals surface area contributed by atoms with Crippen molar-refractivity contribution >= 4 is 5.91 Å². The number of alkyl halides is 3. The Morgan fingerprint density at radius 2 is 2.00 bits per heavy atom. The molecular formula is C12H11F3N4O2. The lowest BCUT2D eigenvalue weighted by Gasteiger charge is -2.09. The van der Waals surface area contributed by atoms with Gasteiger partial charge < -0.3 is 10.1 Å². The summed E-state index contributed by atoms with van der Waals surface area (Å²) in [6, 6.07) is 5.19. The Morgan fingerprint density at radius 1 is 1.33 bits per heavy atom. The summed E-state index contributed by atoms with van der Waals surface area (Å²) in [5.41, 5.74) is 0.616. The fourth-order valence-corrected chi connectivity index (χ4v) is 1.51. The Kier molecular flexibility index (Phi) is 4.10. The Bertz CT molecular complexity index is 622. The predicted molar refractivity (Wildman–Crippen MR) is 65.4 cm³/mol. The second-order valence-corrected chi connectivity index (χ2v) is 4.12. The molecule has 1 amide bonds. The molecule has 6 nitrogen and oxygen atoms in total. The number of rotatable bonds is 4. The summed E-state index contributed by atoms with van der Waals surface area (Å²) in [6.45, 7) is 1.79. The monoisotopic (exact) mass is 300 g/mol. The van der Waals surface area contributed by atoms with E-state index >= 15 is 0 Å². The van der Waals surface area contributed by atoms with Gasteiger partial charge in [-0.25, -0.2) is 4.98 Å². The quantitative estimate of drug-likeness (QED) is 0.904. The molecule has 0 saturated heterocycles. The van der Waals surface area contributed by atoms with E-state index in [0.717, 1.165) is 0 Å². The summed E-state index contributed by atoms with van der Waals surface area (Å²) in [4.78, 5) is 15.5. The molecule has 0 unspecified atom stereocenters. The van der Waals surface area contributed by atoms with E-state index in [2.05, 4.69) is 25.2 Å². The lowest BCUT2D eigenvalue weighted by molar-refractivity contribution is -0.274. The lowest BCUT2D eigenvalue weighted by Crippen LogP contribution is -2.24. The summed E-state index contributed by atoms with van der Waals surface area (Å²) in [5, 5.41) is 8.77. The summed E-state index contributed by atoms with van der Waals surface area (Å²) in [6.07, 6.45) is -4.72. The zero-order valence-electron chi connectivity index (χ0n) is 10.9. The topological polar surface area (TPSA) is 79.9 Å². The van der Waals surface area contributed by atoms with Crippen molar-refractivity contribution < 1.29 is 22.7 Å². The molecule has 0 radical (unpaired) electrons. The number of nitrogens with one attached hydrogen (secondary N) is 2. The Labute approximate surface area is 117 Å². The lowest BCUT2D eigenvalue weighted by atomic mass is 10.2. The number of aryl methyl sites for hydroxylation is 1. The minimum absolute atomic E-state index is 0.00419. The molecular weight excluding hydrogens is 289 g/mol. The number of amides is 1. The van der Waals surface area contributed by atoms with Gasteiger partial charge >= 0.3 is 6.36 Å². The van der Waals surface area contributed by atoms with E-state index in [1.54, 1.807) is 6.92 Å². The minimum Gasteiger partial charge on any atom is -0.406 e. The van der Waals surface area contributed by atoms with Crippen molar-refractivity contribution in [3.05, 3.63) is 41.5 Å². The van der Waals surface area contributed by atoms with Crippen molar-refractivity contribution in [1.29, 1.82) is 0 Å². The third-order valence-corrected chi connectivity index (χ3v) is 2.41. The molecule has 0 spiro atoms. The van der Waals surface area contributed by atoms with Gasteiger partial charge in [-0.05, 0) is 24.6 Å². The third-order valence-electron chi connectivity index (χ3n) is 2.41. The van der Waals surface area contributed by atoms with Crippen LogP contribution in [0.2, 0.25) is 0 Å². The fourth-order valence-electron chi connectivity index (χ4n) is 1.51. The molecule has 0 atom stereocenters. The van der Waals surface area contributed by atoms with E-state index in [-0.39, 0.29) is 18.1 Å². The van der Waals surface area contributed by atoms with Crippen LogP contribution in [0.4, 0.5) is 13.2 Å². The van der Waals surface area contributed by atoms with Gasteiger partial charge in [-0.2, -0.15) is 0 Å². The maximum Gasteiger partial charge on any atom is 0.573 e. The number of ether oxygens (including phenoxy) is 1. The average molecular weight is 300 g/mol. The maximum absolute atomic E-state index is 12.0. The molecule has 0 bridgehead atoms. The van der Waals surface area contributed by atoms with Crippen LogP contribution < -0.4 is 10.1 Å². The maximum atomic E-state index is 12.0. The molecule has 21 heavy (non-hydrogen) atoms. The number of benzene rings is 1. The third kappa shape index (κ3) is 4.48. The number of nitrogens with zero attached hydrogens (tertiary/aromatic N) is 2. The van der Waals surface area contributed by atoms with Crippen molar-refractivity contribution in [3.8, 4) is 5.75 Å². The van der Waals surface area contributed by atoms with E-state index < -0.39 is 12.3 Å². The second-order valence-electron chi connectivity index (χ2n) is 4.12. The highest BCUT2D eigenvalue weighted by molar-refractivity contribution is 5.90. The standard InChI is InChI=1S/C12H11F3N4O2/c1-7-17-10(19-18-7)11(20)16-6-8-2-4-9(5-3-8)21-12(13,14)15/h2-5H,6H2,1H3,(H,16,20)(H,17,18,19). The molecule has 9 heteroatoms. The molecule has 1 aromatic carbocycles. The fraction of sp³-hybridized carbons (Fsp3) is 0.250. The van der Waals surface area contributed by atoms with Gasteiger partial charge in [0.25, 0.3) is 5.91 Å². The summed E-state index contributed by atoms with van der Waals surface area (Å²) in [5.74, 6) is -0.282. The first-order chi connectivity index (χ1) is 9.83. The first-order valence-electron chi connectivity index (χ1n) is 5.85. The molecule has 0 fully saturated rings. The summed E-state index contributed by atoms with van der Waals surface area (Å²) < 4.78 is 39.7. The number of aromatic nitrogens is 3. The Balaban J connectivity index is 1.90. The SMILES string of the molecule is Cc1nc(C(=O)NCc2ccc(OC(F)(F)F)cc2)n[nH]1. The average Bonchev–Trinajstić information content (AvgIpc) is 2.82. The highest BCUT2D eigenvalue weighted by atomic mass is 19.4. The van der Waals surface area contributed by atoms with Crippen molar-refractivity contribution in [2.24, 2.45) is 0 Å². The van der Waals surface area contributed by atoms with Gasteiger partial charge in [0.05, 0.1) is 0 Å². The van der Waals surface area contributed by atoms with Gasteiger partial charge in [-0.15, -0.1) is 18.3 Å². The van der Waals surface area contributed by atoms with E-state index in [4.69, 9.17) is 0 Å². The van der Waals surface area contributed by atoms with Gasteiger partial charge in [0.1, 0.15) is 11.6 Å². The van der Waals surface area contributed by atoms with E-state index in [9.17, 15) is 18.0 Å². The molecule has 0 aliphatic carbocycles. The number of halogens is 3. The molecule has 0 aliphatic heterocycles. The molecule has 0 aliphatic rings.